The normalized spacial score (nSPS) is 18.0. The molecule has 22 heavy (non-hydrogen) atoms. The predicted octanol–water partition coefficient (Wildman–Crippen LogP) is 2.03. The summed E-state index contributed by atoms with van der Waals surface area (Å²) in [7, 11) is 0. The van der Waals surface area contributed by atoms with Crippen molar-refractivity contribution in [3.8, 4) is 0 Å². The van der Waals surface area contributed by atoms with Gasteiger partial charge in [0.1, 0.15) is 17.8 Å². The number of hydrogen-bond acceptors (Lipinski definition) is 5. The third-order valence-electron chi connectivity index (χ3n) is 3.61. The molecule has 0 bridgehead atoms. The lowest BCUT2D eigenvalue weighted by Gasteiger charge is -2.33. The highest BCUT2D eigenvalue weighted by Crippen LogP contribution is 2.19. The summed E-state index contributed by atoms with van der Waals surface area (Å²) in [5.41, 5.74) is 0.397. The van der Waals surface area contributed by atoms with Crippen LogP contribution in [-0.2, 0) is 0 Å². The number of rotatable bonds is 3. The van der Waals surface area contributed by atoms with E-state index in [0.717, 1.165) is 36.2 Å². The lowest BCUT2D eigenvalue weighted by atomic mass is 10.1. The van der Waals surface area contributed by atoms with Gasteiger partial charge >= 0.3 is 0 Å². The maximum Gasteiger partial charge on any atom is 0.270 e. The number of hydrogen-bond donors (Lipinski definition) is 1. The van der Waals surface area contributed by atoms with E-state index in [-0.39, 0.29) is 11.9 Å². The molecule has 1 amide bonds. The number of nitrogens with zero attached hydrogens (tertiary/aromatic N) is 4. The van der Waals surface area contributed by atoms with Gasteiger partial charge in [-0.25, -0.2) is 15.0 Å². The van der Waals surface area contributed by atoms with Gasteiger partial charge in [0.2, 0.25) is 0 Å². The quantitative estimate of drug-likeness (QED) is 0.905. The highest BCUT2D eigenvalue weighted by molar-refractivity contribution is 9.10. The molecule has 3 rings (SSSR count). The molecular formula is C15H16BrN5O. The van der Waals surface area contributed by atoms with Crippen LogP contribution in [0.4, 0.5) is 5.82 Å². The van der Waals surface area contributed by atoms with Crippen LogP contribution in [0.25, 0.3) is 0 Å². The summed E-state index contributed by atoms with van der Waals surface area (Å²) in [5, 5.41) is 3.04. The Hall–Kier alpha value is -2.02. The minimum Gasteiger partial charge on any atom is -0.355 e. The van der Waals surface area contributed by atoms with Crippen molar-refractivity contribution in [1.82, 2.24) is 20.3 Å². The zero-order valence-corrected chi connectivity index (χ0v) is 13.5. The van der Waals surface area contributed by atoms with Gasteiger partial charge in [0.05, 0.1) is 0 Å². The molecule has 0 aliphatic carbocycles. The number of nitrogens with one attached hydrogen (secondary N) is 1. The van der Waals surface area contributed by atoms with E-state index in [1.165, 1.54) is 6.33 Å². The standard InChI is InChI=1S/C15H16BrN5O/c16-11-3-4-14(18-8-11)21-7-1-2-12(9-21)20-15(22)13-5-6-17-10-19-13/h3-6,8,10,12H,1-2,7,9H2,(H,20,22). The number of anilines is 1. The molecule has 7 heteroatoms. The van der Waals surface area contributed by atoms with Gasteiger partial charge in [-0.3, -0.25) is 4.79 Å². The molecular weight excluding hydrogens is 346 g/mol. The number of carbonyl (C=O) groups is 1. The van der Waals surface area contributed by atoms with E-state index in [1.54, 1.807) is 18.5 Å². The molecule has 1 aliphatic rings. The number of halogens is 1. The second-order valence-corrected chi connectivity index (χ2v) is 6.10. The largest absolute Gasteiger partial charge is 0.355 e. The van der Waals surface area contributed by atoms with Crippen LogP contribution >= 0.6 is 15.9 Å². The van der Waals surface area contributed by atoms with E-state index < -0.39 is 0 Å². The molecule has 0 saturated carbocycles. The molecule has 1 N–H and O–H groups in total. The average Bonchev–Trinajstić information content (AvgIpc) is 2.56. The maximum absolute atomic E-state index is 12.2. The maximum atomic E-state index is 12.2. The molecule has 1 saturated heterocycles. The van der Waals surface area contributed by atoms with Crippen LogP contribution < -0.4 is 10.2 Å². The zero-order valence-electron chi connectivity index (χ0n) is 11.9. The van der Waals surface area contributed by atoms with Gasteiger partial charge in [0.15, 0.2) is 0 Å². The fourth-order valence-electron chi connectivity index (χ4n) is 2.54. The number of carbonyl (C=O) groups excluding carboxylic acids is 1. The molecule has 3 heterocycles. The van der Waals surface area contributed by atoms with Crippen molar-refractivity contribution in [2.45, 2.75) is 18.9 Å². The number of piperidine rings is 1. The summed E-state index contributed by atoms with van der Waals surface area (Å²) in [6.07, 6.45) is 6.73. The first-order chi connectivity index (χ1) is 10.7. The topological polar surface area (TPSA) is 71.0 Å². The van der Waals surface area contributed by atoms with Crippen molar-refractivity contribution in [3.63, 3.8) is 0 Å². The summed E-state index contributed by atoms with van der Waals surface area (Å²) >= 11 is 3.39. The van der Waals surface area contributed by atoms with Gasteiger partial charge in [-0.1, -0.05) is 0 Å². The summed E-state index contributed by atoms with van der Waals surface area (Å²) in [4.78, 5) is 26.6. The third kappa shape index (κ3) is 3.59. The fourth-order valence-corrected chi connectivity index (χ4v) is 2.78. The van der Waals surface area contributed by atoms with Gasteiger partial charge in [0.25, 0.3) is 5.91 Å². The molecule has 2 aromatic rings. The lowest BCUT2D eigenvalue weighted by molar-refractivity contribution is 0.0928. The Morgan fingerprint density at radius 1 is 1.32 bits per heavy atom. The first-order valence-corrected chi connectivity index (χ1v) is 7.95. The first kappa shape index (κ1) is 14.9. The van der Waals surface area contributed by atoms with Crippen LogP contribution in [0.15, 0.2) is 41.4 Å². The van der Waals surface area contributed by atoms with E-state index in [4.69, 9.17) is 0 Å². The number of aromatic nitrogens is 3. The number of pyridine rings is 1. The van der Waals surface area contributed by atoms with E-state index >= 15 is 0 Å². The Bertz CT molecular complexity index is 634. The van der Waals surface area contributed by atoms with Gasteiger partial charge in [-0.15, -0.1) is 0 Å². The average molecular weight is 362 g/mol. The van der Waals surface area contributed by atoms with Crippen molar-refractivity contribution >= 4 is 27.7 Å². The zero-order chi connectivity index (χ0) is 15.4. The van der Waals surface area contributed by atoms with Gasteiger partial charge in [-0.2, -0.15) is 0 Å². The smallest absolute Gasteiger partial charge is 0.270 e. The molecule has 1 atom stereocenters. The summed E-state index contributed by atoms with van der Waals surface area (Å²) in [6.45, 7) is 1.71. The second kappa shape index (κ2) is 6.83. The second-order valence-electron chi connectivity index (χ2n) is 5.19. The Morgan fingerprint density at radius 3 is 2.95 bits per heavy atom. The molecule has 6 nitrogen and oxygen atoms in total. The third-order valence-corrected chi connectivity index (χ3v) is 4.08. The summed E-state index contributed by atoms with van der Waals surface area (Å²) in [6, 6.07) is 5.68. The van der Waals surface area contributed by atoms with Crippen LogP contribution in [0.1, 0.15) is 23.3 Å². The van der Waals surface area contributed by atoms with Crippen LogP contribution in [0.2, 0.25) is 0 Å². The van der Waals surface area contributed by atoms with Crippen molar-refractivity contribution in [2.24, 2.45) is 0 Å². The Kier molecular flexibility index (Phi) is 4.62. The van der Waals surface area contributed by atoms with Gasteiger partial charge in [-0.05, 0) is 47.0 Å². The molecule has 2 aromatic heterocycles. The highest BCUT2D eigenvalue weighted by atomic mass is 79.9. The van der Waals surface area contributed by atoms with E-state index in [0.29, 0.717) is 5.69 Å². The monoisotopic (exact) mass is 361 g/mol. The predicted molar refractivity (Wildman–Crippen MR) is 86.7 cm³/mol. The summed E-state index contributed by atoms with van der Waals surface area (Å²) in [5.74, 6) is 0.780. The van der Waals surface area contributed by atoms with Crippen LogP contribution in [0.5, 0.6) is 0 Å². The molecule has 1 aliphatic heterocycles. The molecule has 0 radical (unpaired) electrons. The van der Waals surface area contributed by atoms with Gasteiger partial charge in [0, 0.05) is 36.0 Å². The van der Waals surface area contributed by atoms with E-state index in [9.17, 15) is 4.79 Å². The molecule has 1 unspecified atom stereocenters. The molecule has 0 aromatic carbocycles. The lowest BCUT2D eigenvalue weighted by Crippen LogP contribution is -2.48. The Morgan fingerprint density at radius 2 is 2.23 bits per heavy atom. The van der Waals surface area contributed by atoms with Crippen molar-refractivity contribution in [3.05, 3.63) is 47.1 Å². The Balaban J connectivity index is 1.63. The minimum absolute atomic E-state index is 0.0988. The minimum atomic E-state index is -0.155. The summed E-state index contributed by atoms with van der Waals surface area (Å²) < 4.78 is 0.960. The van der Waals surface area contributed by atoms with Crippen LogP contribution in [-0.4, -0.2) is 40.0 Å². The van der Waals surface area contributed by atoms with Crippen molar-refractivity contribution in [2.75, 3.05) is 18.0 Å². The van der Waals surface area contributed by atoms with Crippen molar-refractivity contribution in [1.29, 1.82) is 0 Å². The molecule has 0 spiro atoms. The molecule has 1 fully saturated rings. The number of amides is 1. The van der Waals surface area contributed by atoms with E-state index in [2.05, 4.69) is 41.1 Å². The van der Waals surface area contributed by atoms with Crippen LogP contribution in [0, 0.1) is 0 Å². The highest BCUT2D eigenvalue weighted by Gasteiger charge is 2.23. The van der Waals surface area contributed by atoms with Crippen LogP contribution in [0.3, 0.4) is 0 Å². The van der Waals surface area contributed by atoms with Gasteiger partial charge < -0.3 is 10.2 Å². The molecule has 114 valence electrons. The Labute approximate surface area is 137 Å². The van der Waals surface area contributed by atoms with E-state index in [1.807, 2.05) is 12.1 Å². The SMILES string of the molecule is O=C(NC1CCCN(c2ccc(Br)cn2)C1)c1ccncn1. The fraction of sp³-hybridized carbons (Fsp3) is 0.333. The first-order valence-electron chi connectivity index (χ1n) is 7.16. The van der Waals surface area contributed by atoms with Crippen molar-refractivity contribution < 1.29 is 4.79 Å².